The van der Waals surface area contributed by atoms with E-state index in [0.717, 1.165) is 0 Å². The maximum absolute atomic E-state index is 12.9. The van der Waals surface area contributed by atoms with E-state index in [-0.39, 0.29) is 0 Å². The Bertz CT molecular complexity index is 895. The number of hydrogen-bond donors (Lipinski definition) is 0. The van der Waals surface area contributed by atoms with Crippen LogP contribution in [0.3, 0.4) is 0 Å². The van der Waals surface area contributed by atoms with E-state index in [2.05, 4.69) is 9.38 Å². The third-order valence-corrected chi connectivity index (χ3v) is 6.24. The zero-order chi connectivity index (χ0) is 22.5. The molecule has 0 aromatic carbocycles. The van der Waals surface area contributed by atoms with Crippen LogP contribution in [0.4, 0.5) is 4.79 Å². The predicted molar refractivity (Wildman–Crippen MR) is 112 cm³/mol. The van der Waals surface area contributed by atoms with Crippen molar-refractivity contribution in [2.75, 3.05) is 13.1 Å². The highest BCUT2D eigenvalue weighted by atomic mass is 32.2. The van der Waals surface area contributed by atoms with Crippen molar-refractivity contribution in [3.05, 3.63) is 29.6 Å². The number of aromatic nitrogens is 1. The molecule has 2 heterocycles. The zero-order valence-corrected chi connectivity index (χ0v) is 18.4. The van der Waals surface area contributed by atoms with Crippen molar-refractivity contribution in [2.45, 2.75) is 71.1 Å². The zero-order valence-electron chi connectivity index (χ0n) is 19.5. The summed E-state index contributed by atoms with van der Waals surface area (Å²) in [6.07, 6.45) is 0.114. The van der Waals surface area contributed by atoms with Gasteiger partial charge in [-0.1, -0.05) is 0 Å². The minimum Gasteiger partial charge on any atom is -0.444 e. The lowest BCUT2D eigenvalue weighted by Gasteiger charge is -2.40. The first-order valence-corrected chi connectivity index (χ1v) is 10.7. The van der Waals surface area contributed by atoms with Gasteiger partial charge in [0.15, 0.2) is 0 Å². The topological polar surface area (TPSA) is 71.9 Å². The van der Waals surface area contributed by atoms with Gasteiger partial charge in [-0.15, -0.1) is 0 Å². The molecule has 0 radical (unpaired) electrons. The highest BCUT2D eigenvalue weighted by molar-refractivity contribution is 7.85. The third kappa shape index (κ3) is 4.29. The molecule has 1 aliphatic carbocycles. The molecule has 0 unspecified atom stereocenters. The van der Waals surface area contributed by atoms with E-state index < -0.39 is 39.2 Å². The summed E-state index contributed by atoms with van der Waals surface area (Å²) < 4.78 is 40.3. The Labute approximate surface area is 173 Å². The van der Waals surface area contributed by atoms with Crippen molar-refractivity contribution in [1.29, 1.82) is 0 Å². The van der Waals surface area contributed by atoms with E-state index in [1.807, 2.05) is 41.5 Å². The molecule has 1 aromatic rings. The van der Waals surface area contributed by atoms with Gasteiger partial charge in [-0.2, -0.15) is 4.40 Å². The third-order valence-electron chi connectivity index (χ3n) is 4.84. The van der Waals surface area contributed by atoms with Crippen LogP contribution in [-0.4, -0.2) is 49.3 Å². The van der Waals surface area contributed by atoms with Crippen LogP contribution in [0.2, 0.25) is 0 Å². The van der Waals surface area contributed by atoms with Crippen LogP contribution >= 0.6 is 0 Å². The fourth-order valence-electron chi connectivity index (χ4n) is 3.36. The van der Waals surface area contributed by atoms with Crippen molar-refractivity contribution >= 4 is 22.8 Å². The summed E-state index contributed by atoms with van der Waals surface area (Å²) in [5, 5.41) is 0. The Balaban J connectivity index is 1.99. The van der Waals surface area contributed by atoms with E-state index >= 15 is 0 Å². The van der Waals surface area contributed by atoms with Gasteiger partial charge in [-0.05, 0) is 66.5 Å². The van der Waals surface area contributed by atoms with Gasteiger partial charge in [0.1, 0.15) is 16.6 Å². The number of amides is 1. The van der Waals surface area contributed by atoms with Crippen LogP contribution in [-0.2, 0) is 22.1 Å². The smallest absolute Gasteiger partial charge is 0.410 e. The van der Waals surface area contributed by atoms with Gasteiger partial charge in [-0.25, -0.2) is 9.00 Å². The van der Waals surface area contributed by atoms with Crippen LogP contribution in [0.25, 0.3) is 0 Å². The molecule has 1 spiro atoms. The molecule has 0 saturated carbocycles. The van der Waals surface area contributed by atoms with E-state index in [9.17, 15) is 9.00 Å². The molecule has 0 N–H and O–H groups in total. The first-order valence-electron chi connectivity index (χ1n) is 10.6. The maximum Gasteiger partial charge on any atom is 0.410 e. The lowest BCUT2D eigenvalue weighted by molar-refractivity contribution is 0.0159. The average Bonchev–Trinajstić information content (AvgIpc) is 2.79. The van der Waals surface area contributed by atoms with Gasteiger partial charge < -0.3 is 9.64 Å². The second kappa shape index (κ2) is 7.25. The number of nitrogens with zero attached hydrogens (tertiary/aromatic N) is 3. The van der Waals surface area contributed by atoms with Crippen molar-refractivity contribution < 1.29 is 16.5 Å². The summed E-state index contributed by atoms with van der Waals surface area (Å²) in [5.41, 5.74) is -0.118. The Hall–Kier alpha value is -1.76. The number of carbonyl (C=O) groups excluding carboxylic acids is 1. The number of ether oxygens (including phenoxy) is 1. The number of piperidine rings is 1. The highest BCUT2D eigenvalue weighted by Gasteiger charge is 2.47. The summed E-state index contributed by atoms with van der Waals surface area (Å²) in [6, 6.07) is 3.55. The lowest BCUT2D eigenvalue weighted by atomic mass is 9.75. The molecule has 1 saturated heterocycles. The second-order valence-electron chi connectivity index (χ2n) is 9.38. The monoisotopic (exact) mass is 407 g/mol. The summed E-state index contributed by atoms with van der Waals surface area (Å²) in [4.78, 5) is 18.4. The van der Waals surface area contributed by atoms with Gasteiger partial charge in [0.25, 0.3) is 0 Å². The van der Waals surface area contributed by atoms with Crippen molar-refractivity contribution in [1.82, 2.24) is 9.88 Å². The highest BCUT2D eigenvalue weighted by Crippen LogP contribution is 2.45. The van der Waals surface area contributed by atoms with Crippen molar-refractivity contribution in [2.24, 2.45) is 9.81 Å². The van der Waals surface area contributed by atoms with Gasteiger partial charge in [0.2, 0.25) is 0 Å². The van der Waals surface area contributed by atoms with E-state index in [1.165, 1.54) is 0 Å². The van der Waals surface area contributed by atoms with E-state index in [1.54, 1.807) is 23.2 Å². The minimum atomic E-state index is -1.77. The SMILES string of the molecule is [2H]C1([2H])c2ncccc2C(=N[S@](=O)C(C)(C)C)C12CCN(C(=O)OC(C)(C)C)CC2. The molecule has 3 rings (SSSR count). The number of rotatable bonds is 1. The second-order valence-corrected chi connectivity index (χ2v) is 11.3. The van der Waals surface area contributed by atoms with Crippen LogP contribution in [0.5, 0.6) is 0 Å². The number of carbonyl (C=O) groups is 1. The minimum absolute atomic E-state index is 0.334. The molecule has 1 aliphatic heterocycles. The maximum atomic E-state index is 12.9. The normalized spacial score (nSPS) is 24.5. The fraction of sp³-hybridized carbons (Fsp3) is 0.667. The number of pyridine rings is 1. The molecule has 6 nitrogen and oxygen atoms in total. The molecule has 1 atom stereocenters. The lowest BCUT2D eigenvalue weighted by Crippen LogP contribution is -2.47. The Morgan fingerprint density at radius 2 is 1.93 bits per heavy atom. The van der Waals surface area contributed by atoms with Crippen LogP contribution in [0, 0.1) is 5.41 Å². The Morgan fingerprint density at radius 1 is 1.29 bits per heavy atom. The standard InChI is InChI=1S/C21H31N3O3S/c1-19(2,3)27-18(25)24-12-9-21(10-13-24)14-16-15(8-7-11-22-16)17(21)23-28(26)20(4,5)6/h7-8,11H,9-10,12-14H2,1-6H3/t28-/m1/s1/i14D2. The number of likely N-dealkylation sites (tertiary alicyclic amines) is 1. The first-order chi connectivity index (χ1) is 13.7. The fourth-order valence-corrected chi connectivity index (χ4v) is 4.07. The van der Waals surface area contributed by atoms with Crippen LogP contribution in [0.15, 0.2) is 22.7 Å². The quantitative estimate of drug-likeness (QED) is 0.708. The summed E-state index contributed by atoms with van der Waals surface area (Å²) >= 11 is 0. The van der Waals surface area contributed by atoms with E-state index in [4.69, 9.17) is 7.48 Å². The van der Waals surface area contributed by atoms with E-state index in [0.29, 0.717) is 42.9 Å². The van der Waals surface area contributed by atoms with Gasteiger partial charge in [0, 0.05) is 39.4 Å². The molecular formula is C21H31N3O3S. The Morgan fingerprint density at radius 3 is 2.50 bits per heavy atom. The Kier molecular flexibility index (Phi) is 4.73. The molecule has 28 heavy (non-hydrogen) atoms. The number of hydrogen-bond acceptors (Lipinski definition) is 4. The van der Waals surface area contributed by atoms with Gasteiger partial charge >= 0.3 is 6.09 Å². The summed E-state index contributed by atoms with van der Waals surface area (Å²) in [7, 11) is -1.54. The summed E-state index contributed by atoms with van der Waals surface area (Å²) in [6.45, 7) is 11.7. The number of fused-ring (bicyclic) bond motifs is 1. The van der Waals surface area contributed by atoms with Crippen molar-refractivity contribution in [3.8, 4) is 0 Å². The molecule has 1 amide bonds. The van der Waals surface area contributed by atoms with Gasteiger partial charge in [-0.3, -0.25) is 4.98 Å². The van der Waals surface area contributed by atoms with Crippen LogP contribution < -0.4 is 0 Å². The molecule has 154 valence electrons. The first kappa shape index (κ1) is 18.3. The average molecular weight is 408 g/mol. The molecule has 2 aliphatic rings. The van der Waals surface area contributed by atoms with Crippen LogP contribution in [0.1, 0.15) is 68.4 Å². The van der Waals surface area contributed by atoms with Gasteiger partial charge in [0.05, 0.1) is 16.2 Å². The molecular weight excluding hydrogens is 374 g/mol. The predicted octanol–water partition coefficient (Wildman–Crippen LogP) is 3.91. The van der Waals surface area contributed by atoms with Crippen molar-refractivity contribution in [3.63, 3.8) is 0 Å². The molecule has 1 aromatic heterocycles. The summed E-state index contributed by atoms with van der Waals surface area (Å²) in [5.74, 6) is 0. The molecule has 7 heteroatoms. The molecule has 1 fully saturated rings. The molecule has 0 bridgehead atoms. The largest absolute Gasteiger partial charge is 0.444 e.